The van der Waals surface area contributed by atoms with E-state index in [1.807, 2.05) is 63.2 Å². The summed E-state index contributed by atoms with van der Waals surface area (Å²) in [6.07, 6.45) is 4.02. The Bertz CT molecular complexity index is 978. The van der Waals surface area contributed by atoms with E-state index in [1.54, 1.807) is 4.90 Å². The van der Waals surface area contributed by atoms with E-state index >= 15 is 0 Å². The van der Waals surface area contributed by atoms with Crippen molar-refractivity contribution in [3.05, 3.63) is 64.1 Å². The molecule has 5 heteroatoms. The summed E-state index contributed by atoms with van der Waals surface area (Å²) in [6, 6.07) is 14.2. The zero-order chi connectivity index (χ0) is 19.7. The average molecular weight is 393 g/mol. The number of rotatable bonds is 3. The van der Waals surface area contributed by atoms with Gasteiger partial charge in [-0.1, -0.05) is 24.3 Å². The van der Waals surface area contributed by atoms with Crippen LogP contribution in [0.15, 0.2) is 52.4 Å². The summed E-state index contributed by atoms with van der Waals surface area (Å²) < 4.78 is 5.70. The predicted molar refractivity (Wildman–Crippen MR) is 117 cm³/mol. The number of amidine groups is 1. The summed E-state index contributed by atoms with van der Waals surface area (Å²) in [5.74, 6) is 0.940. The fourth-order valence-electron chi connectivity index (χ4n) is 3.43. The smallest absolute Gasteiger partial charge is 0.271 e. The molecule has 0 atom stereocenters. The van der Waals surface area contributed by atoms with Crippen molar-refractivity contribution in [2.75, 3.05) is 11.5 Å². The minimum absolute atomic E-state index is 0.0207. The highest BCUT2D eigenvalue weighted by molar-refractivity contribution is 8.19. The third kappa shape index (κ3) is 3.72. The van der Waals surface area contributed by atoms with Gasteiger partial charge in [-0.2, -0.15) is 0 Å². The van der Waals surface area contributed by atoms with Crippen molar-refractivity contribution in [1.82, 2.24) is 0 Å². The maximum Gasteiger partial charge on any atom is 0.271 e. The second-order valence-corrected chi connectivity index (χ2v) is 8.37. The number of anilines is 1. The molecule has 1 fully saturated rings. The second kappa shape index (κ2) is 7.84. The van der Waals surface area contributed by atoms with Crippen LogP contribution in [0.5, 0.6) is 5.75 Å². The van der Waals surface area contributed by atoms with Gasteiger partial charge in [-0.25, -0.2) is 0 Å². The zero-order valence-electron chi connectivity index (χ0n) is 16.4. The molecule has 0 aromatic heterocycles. The van der Waals surface area contributed by atoms with Crippen molar-refractivity contribution < 1.29 is 9.53 Å². The van der Waals surface area contributed by atoms with Gasteiger partial charge in [0.05, 0.1) is 17.2 Å². The maximum absolute atomic E-state index is 13.3. The normalized spacial score (nSPS) is 19.4. The molecule has 2 aromatic carbocycles. The van der Waals surface area contributed by atoms with Gasteiger partial charge in [0.1, 0.15) is 5.75 Å². The van der Waals surface area contributed by atoms with Crippen LogP contribution in [0.3, 0.4) is 0 Å². The standard InChI is InChI=1S/C23H24N2O2S/c1-15(2)24-23-25(19-9-5-4-7-16(19)3)22(26)21(28-23)14-17-10-11-20-18(13-17)8-6-12-27-20/h4-5,7,9-11,13-15H,6,8,12H2,1-3H3/b21-14-,24-23-. The van der Waals surface area contributed by atoms with Crippen molar-refractivity contribution in [2.45, 2.75) is 39.7 Å². The molecule has 4 nitrogen and oxygen atoms in total. The number of nitrogens with zero attached hydrogens (tertiary/aromatic N) is 2. The highest BCUT2D eigenvalue weighted by Gasteiger charge is 2.35. The lowest BCUT2D eigenvalue weighted by atomic mass is 10.0. The lowest BCUT2D eigenvalue weighted by Crippen LogP contribution is -2.30. The van der Waals surface area contributed by atoms with E-state index < -0.39 is 0 Å². The van der Waals surface area contributed by atoms with Gasteiger partial charge < -0.3 is 4.74 Å². The molecule has 2 aliphatic heterocycles. The van der Waals surface area contributed by atoms with Gasteiger partial charge in [0, 0.05) is 6.04 Å². The van der Waals surface area contributed by atoms with Crippen LogP contribution in [0.4, 0.5) is 5.69 Å². The fraction of sp³-hybridized carbons (Fsp3) is 0.304. The molecule has 0 spiro atoms. The molecule has 0 aliphatic carbocycles. The maximum atomic E-state index is 13.3. The van der Waals surface area contributed by atoms with Crippen molar-refractivity contribution in [3.8, 4) is 5.75 Å². The van der Waals surface area contributed by atoms with Crippen LogP contribution in [0, 0.1) is 6.92 Å². The van der Waals surface area contributed by atoms with E-state index in [0.29, 0.717) is 4.91 Å². The molecule has 0 N–H and O–H groups in total. The molecule has 28 heavy (non-hydrogen) atoms. The molecular formula is C23H24N2O2S. The average Bonchev–Trinajstić information content (AvgIpc) is 2.96. The number of fused-ring (bicyclic) bond motifs is 1. The number of amides is 1. The molecule has 2 heterocycles. The monoisotopic (exact) mass is 392 g/mol. The van der Waals surface area contributed by atoms with Crippen molar-refractivity contribution >= 4 is 34.6 Å². The molecule has 4 rings (SSSR count). The molecule has 144 valence electrons. The number of aliphatic imine (C=N–C) groups is 1. The lowest BCUT2D eigenvalue weighted by Gasteiger charge is -2.18. The first-order chi connectivity index (χ1) is 13.5. The first-order valence-corrected chi connectivity index (χ1v) is 10.5. The van der Waals surface area contributed by atoms with E-state index in [1.165, 1.54) is 17.3 Å². The third-order valence-corrected chi connectivity index (χ3v) is 5.74. The Hall–Kier alpha value is -2.53. The van der Waals surface area contributed by atoms with Crippen LogP contribution >= 0.6 is 11.8 Å². The molecular weight excluding hydrogens is 368 g/mol. The van der Waals surface area contributed by atoms with Gasteiger partial charge in [-0.05, 0) is 86.3 Å². The van der Waals surface area contributed by atoms with Gasteiger partial charge in [0.25, 0.3) is 5.91 Å². The number of hydrogen-bond acceptors (Lipinski definition) is 4. The van der Waals surface area contributed by atoms with Gasteiger partial charge in [0.2, 0.25) is 0 Å². The summed E-state index contributed by atoms with van der Waals surface area (Å²) >= 11 is 1.45. The fourth-order valence-corrected chi connectivity index (χ4v) is 4.54. The Labute approximate surface area is 170 Å². The van der Waals surface area contributed by atoms with Gasteiger partial charge >= 0.3 is 0 Å². The van der Waals surface area contributed by atoms with E-state index in [2.05, 4.69) is 6.07 Å². The van der Waals surface area contributed by atoms with E-state index in [9.17, 15) is 4.79 Å². The Kier molecular flexibility index (Phi) is 5.27. The Balaban J connectivity index is 1.72. The summed E-state index contributed by atoms with van der Waals surface area (Å²) in [4.78, 5) is 20.4. The first-order valence-electron chi connectivity index (χ1n) is 9.66. The number of hydrogen-bond donors (Lipinski definition) is 0. The van der Waals surface area contributed by atoms with Crippen LogP contribution < -0.4 is 9.64 Å². The molecule has 1 saturated heterocycles. The molecule has 2 aromatic rings. The van der Waals surface area contributed by atoms with Crippen LogP contribution in [0.2, 0.25) is 0 Å². The van der Waals surface area contributed by atoms with Crippen LogP contribution in [-0.2, 0) is 11.2 Å². The number of carbonyl (C=O) groups is 1. The third-order valence-electron chi connectivity index (χ3n) is 4.76. The number of para-hydroxylation sites is 1. The minimum atomic E-state index is -0.0207. The molecule has 2 aliphatic rings. The number of thioether (sulfide) groups is 1. The topological polar surface area (TPSA) is 41.9 Å². The van der Waals surface area contributed by atoms with Gasteiger partial charge in [-0.3, -0.25) is 14.7 Å². The van der Waals surface area contributed by atoms with Gasteiger partial charge in [0.15, 0.2) is 5.17 Å². The highest BCUT2D eigenvalue weighted by Crippen LogP contribution is 2.38. The Morgan fingerprint density at radius 3 is 2.82 bits per heavy atom. The quantitative estimate of drug-likeness (QED) is 0.674. The summed E-state index contributed by atoms with van der Waals surface area (Å²) in [5, 5.41) is 0.738. The molecule has 0 bridgehead atoms. The number of carbonyl (C=O) groups excluding carboxylic acids is 1. The summed E-state index contributed by atoms with van der Waals surface area (Å²) in [6.45, 7) is 6.85. The van der Waals surface area contributed by atoms with Crippen molar-refractivity contribution in [1.29, 1.82) is 0 Å². The van der Waals surface area contributed by atoms with Crippen LogP contribution in [-0.4, -0.2) is 23.7 Å². The minimum Gasteiger partial charge on any atom is -0.493 e. The van der Waals surface area contributed by atoms with Crippen LogP contribution in [0.25, 0.3) is 6.08 Å². The summed E-state index contributed by atoms with van der Waals surface area (Å²) in [7, 11) is 0. The number of ether oxygens (including phenoxy) is 1. The molecule has 0 unspecified atom stereocenters. The van der Waals surface area contributed by atoms with Crippen LogP contribution in [0.1, 0.15) is 37.0 Å². The Morgan fingerprint density at radius 1 is 1.21 bits per heavy atom. The first kappa shape index (κ1) is 18.8. The van der Waals surface area contributed by atoms with Crippen molar-refractivity contribution in [2.24, 2.45) is 4.99 Å². The van der Waals surface area contributed by atoms with Gasteiger partial charge in [-0.15, -0.1) is 0 Å². The van der Waals surface area contributed by atoms with Crippen molar-refractivity contribution in [3.63, 3.8) is 0 Å². The molecule has 0 radical (unpaired) electrons. The largest absolute Gasteiger partial charge is 0.493 e. The van der Waals surface area contributed by atoms with E-state index in [4.69, 9.17) is 9.73 Å². The highest BCUT2D eigenvalue weighted by atomic mass is 32.2. The SMILES string of the molecule is Cc1ccccc1N1C(=O)/C(=C/c2ccc3c(c2)CCCO3)S/C1=N\C(C)C. The molecule has 1 amide bonds. The predicted octanol–water partition coefficient (Wildman–Crippen LogP) is 5.21. The zero-order valence-corrected chi connectivity index (χ0v) is 17.3. The lowest BCUT2D eigenvalue weighted by molar-refractivity contribution is -0.113. The number of benzene rings is 2. The van der Waals surface area contributed by atoms with E-state index in [0.717, 1.165) is 47.2 Å². The Morgan fingerprint density at radius 2 is 2.04 bits per heavy atom. The van der Waals surface area contributed by atoms with E-state index in [-0.39, 0.29) is 11.9 Å². The second-order valence-electron chi connectivity index (χ2n) is 7.36. The number of aryl methyl sites for hydroxylation is 2. The molecule has 0 saturated carbocycles. The summed E-state index contributed by atoms with van der Waals surface area (Å²) in [5.41, 5.74) is 4.18.